The second-order valence-corrected chi connectivity index (χ2v) is 5.24. The first-order valence-electron chi connectivity index (χ1n) is 6.36. The van der Waals surface area contributed by atoms with Gasteiger partial charge in [-0.3, -0.25) is 10.3 Å². The molecule has 1 aliphatic carbocycles. The van der Waals surface area contributed by atoms with Gasteiger partial charge >= 0.3 is 0 Å². The Morgan fingerprint density at radius 2 is 2.25 bits per heavy atom. The van der Waals surface area contributed by atoms with E-state index in [1.165, 1.54) is 25.7 Å². The maximum atomic E-state index is 7.46. The van der Waals surface area contributed by atoms with E-state index in [0.29, 0.717) is 6.04 Å². The molecule has 2 rings (SSSR count). The molecular formula is C12H23N3O. The van der Waals surface area contributed by atoms with Gasteiger partial charge in [0.25, 0.3) is 0 Å². The number of ether oxygens (including phenoxy) is 1. The van der Waals surface area contributed by atoms with Gasteiger partial charge in [-0.1, -0.05) is 19.8 Å². The van der Waals surface area contributed by atoms with Crippen molar-refractivity contribution in [3.8, 4) is 0 Å². The third-order valence-corrected chi connectivity index (χ3v) is 3.87. The molecule has 1 aliphatic heterocycles. The molecule has 1 saturated heterocycles. The second-order valence-electron chi connectivity index (χ2n) is 5.24. The van der Waals surface area contributed by atoms with E-state index in [4.69, 9.17) is 15.9 Å². The predicted octanol–water partition coefficient (Wildman–Crippen LogP) is 1.20. The standard InChI is InChI=1S/C12H23N3O/c1-9-3-2-4-10(7-9)15-5-6-16-11(8-15)12(13)14/h9-11H,2-8H2,1H3,(H3,13,14). The van der Waals surface area contributed by atoms with Crippen LogP contribution in [0.25, 0.3) is 0 Å². The summed E-state index contributed by atoms with van der Waals surface area (Å²) < 4.78 is 5.50. The summed E-state index contributed by atoms with van der Waals surface area (Å²) >= 11 is 0. The Kier molecular flexibility index (Phi) is 3.82. The maximum Gasteiger partial charge on any atom is 0.127 e. The molecule has 4 heteroatoms. The molecule has 3 atom stereocenters. The quantitative estimate of drug-likeness (QED) is 0.548. The minimum Gasteiger partial charge on any atom is -0.385 e. The van der Waals surface area contributed by atoms with E-state index in [2.05, 4.69) is 11.8 Å². The molecule has 3 unspecified atom stereocenters. The van der Waals surface area contributed by atoms with Crippen molar-refractivity contribution in [1.29, 1.82) is 5.41 Å². The van der Waals surface area contributed by atoms with Crippen LogP contribution in [0.15, 0.2) is 0 Å². The lowest BCUT2D eigenvalue weighted by atomic mass is 9.86. The lowest BCUT2D eigenvalue weighted by molar-refractivity contribution is -0.0222. The molecule has 0 aromatic carbocycles. The number of nitrogens with zero attached hydrogens (tertiary/aromatic N) is 1. The van der Waals surface area contributed by atoms with Gasteiger partial charge in [0, 0.05) is 19.1 Å². The number of nitrogens with one attached hydrogen (secondary N) is 1. The first kappa shape index (κ1) is 11.9. The summed E-state index contributed by atoms with van der Waals surface area (Å²) in [5, 5.41) is 7.46. The number of morpholine rings is 1. The van der Waals surface area contributed by atoms with Crippen LogP contribution in [-0.2, 0) is 4.74 Å². The van der Waals surface area contributed by atoms with Gasteiger partial charge in [-0.25, -0.2) is 0 Å². The molecule has 0 radical (unpaired) electrons. The second kappa shape index (κ2) is 5.15. The zero-order valence-corrected chi connectivity index (χ0v) is 10.1. The fourth-order valence-electron chi connectivity index (χ4n) is 2.92. The molecule has 3 N–H and O–H groups in total. The summed E-state index contributed by atoms with van der Waals surface area (Å²) in [7, 11) is 0. The average molecular weight is 225 g/mol. The summed E-state index contributed by atoms with van der Waals surface area (Å²) in [4.78, 5) is 2.48. The number of hydrogen-bond acceptors (Lipinski definition) is 3. The highest BCUT2D eigenvalue weighted by Crippen LogP contribution is 2.28. The van der Waals surface area contributed by atoms with Crippen LogP contribution in [0.5, 0.6) is 0 Å². The summed E-state index contributed by atoms with van der Waals surface area (Å²) in [6.07, 6.45) is 5.13. The Morgan fingerprint density at radius 3 is 2.94 bits per heavy atom. The third-order valence-electron chi connectivity index (χ3n) is 3.87. The Morgan fingerprint density at radius 1 is 1.44 bits per heavy atom. The van der Waals surface area contributed by atoms with Crippen molar-refractivity contribution >= 4 is 5.84 Å². The fraction of sp³-hybridized carbons (Fsp3) is 0.917. The van der Waals surface area contributed by atoms with Gasteiger partial charge in [-0.15, -0.1) is 0 Å². The minimum atomic E-state index is -0.175. The van der Waals surface area contributed by atoms with Crippen molar-refractivity contribution in [3.05, 3.63) is 0 Å². The lowest BCUT2D eigenvalue weighted by Gasteiger charge is -2.41. The van der Waals surface area contributed by atoms with Crippen molar-refractivity contribution in [2.75, 3.05) is 19.7 Å². The van der Waals surface area contributed by atoms with Crippen molar-refractivity contribution in [1.82, 2.24) is 4.90 Å². The van der Waals surface area contributed by atoms with Crippen LogP contribution in [0, 0.1) is 11.3 Å². The van der Waals surface area contributed by atoms with Crippen LogP contribution in [0.3, 0.4) is 0 Å². The fourth-order valence-corrected chi connectivity index (χ4v) is 2.92. The van der Waals surface area contributed by atoms with Gasteiger partial charge in [0.1, 0.15) is 11.9 Å². The van der Waals surface area contributed by atoms with Crippen LogP contribution in [0.2, 0.25) is 0 Å². The predicted molar refractivity (Wildman–Crippen MR) is 64.6 cm³/mol. The Balaban J connectivity index is 1.90. The van der Waals surface area contributed by atoms with Crippen molar-refractivity contribution in [2.24, 2.45) is 11.7 Å². The van der Waals surface area contributed by atoms with Gasteiger partial charge < -0.3 is 10.5 Å². The summed E-state index contributed by atoms with van der Waals surface area (Å²) in [5.41, 5.74) is 5.52. The van der Waals surface area contributed by atoms with E-state index in [-0.39, 0.29) is 11.9 Å². The first-order chi connectivity index (χ1) is 7.66. The molecule has 0 bridgehead atoms. The normalized spacial score (nSPS) is 37.2. The molecule has 0 aromatic heterocycles. The highest BCUT2D eigenvalue weighted by molar-refractivity contribution is 5.82. The number of rotatable bonds is 2. The van der Waals surface area contributed by atoms with Gasteiger partial charge in [0.15, 0.2) is 0 Å². The molecule has 4 nitrogen and oxygen atoms in total. The Hall–Kier alpha value is -0.610. The number of nitrogens with two attached hydrogens (primary N) is 1. The van der Waals surface area contributed by atoms with Gasteiger partial charge in [0.05, 0.1) is 6.61 Å². The summed E-state index contributed by atoms with van der Waals surface area (Å²) in [6, 6.07) is 0.689. The Labute approximate surface area is 97.6 Å². The molecule has 1 saturated carbocycles. The number of hydrogen-bond donors (Lipinski definition) is 2. The highest BCUT2D eigenvalue weighted by atomic mass is 16.5. The Bertz CT molecular complexity index is 257. The van der Waals surface area contributed by atoms with E-state index in [1.807, 2.05) is 0 Å². The van der Waals surface area contributed by atoms with E-state index in [9.17, 15) is 0 Å². The van der Waals surface area contributed by atoms with E-state index >= 15 is 0 Å². The topological polar surface area (TPSA) is 62.3 Å². The van der Waals surface area contributed by atoms with Crippen LogP contribution in [0.1, 0.15) is 32.6 Å². The lowest BCUT2D eigenvalue weighted by Crippen LogP contribution is -2.52. The molecular weight excluding hydrogens is 202 g/mol. The first-order valence-corrected chi connectivity index (χ1v) is 6.36. The van der Waals surface area contributed by atoms with Crippen LogP contribution in [0.4, 0.5) is 0 Å². The van der Waals surface area contributed by atoms with E-state index in [0.717, 1.165) is 25.6 Å². The number of amidine groups is 1. The zero-order chi connectivity index (χ0) is 11.5. The van der Waals surface area contributed by atoms with E-state index < -0.39 is 0 Å². The van der Waals surface area contributed by atoms with Crippen molar-refractivity contribution in [3.63, 3.8) is 0 Å². The smallest absolute Gasteiger partial charge is 0.127 e. The largest absolute Gasteiger partial charge is 0.385 e. The van der Waals surface area contributed by atoms with Crippen molar-refractivity contribution < 1.29 is 4.74 Å². The molecule has 2 aliphatic rings. The summed E-state index contributed by atoms with van der Waals surface area (Å²) in [5.74, 6) is 1.02. The highest BCUT2D eigenvalue weighted by Gasteiger charge is 2.30. The van der Waals surface area contributed by atoms with Crippen LogP contribution in [-0.4, -0.2) is 42.6 Å². The molecule has 2 fully saturated rings. The molecule has 16 heavy (non-hydrogen) atoms. The zero-order valence-electron chi connectivity index (χ0n) is 10.1. The van der Waals surface area contributed by atoms with Gasteiger partial charge in [-0.2, -0.15) is 0 Å². The monoisotopic (exact) mass is 225 g/mol. The third kappa shape index (κ3) is 2.74. The molecule has 1 heterocycles. The molecule has 0 aromatic rings. The van der Waals surface area contributed by atoms with Gasteiger partial charge in [-0.05, 0) is 18.8 Å². The van der Waals surface area contributed by atoms with Crippen LogP contribution < -0.4 is 5.73 Å². The minimum absolute atomic E-state index is 0.175. The summed E-state index contributed by atoms with van der Waals surface area (Å²) in [6.45, 7) is 4.87. The van der Waals surface area contributed by atoms with E-state index in [1.54, 1.807) is 0 Å². The molecule has 0 amide bonds. The molecule has 92 valence electrons. The van der Waals surface area contributed by atoms with Gasteiger partial charge in [0.2, 0.25) is 0 Å². The van der Waals surface area contributed by atoms with Crippen molar-refractivity contribution in [2.45, 2.75) is 44.8 Å². The maximum absolute atomic E-state index is 7.46. The average Bonchev–Trinajstić information content (AvgIpc) is 2.29. The SMILES string of the molecule is CC1CCCC(N2CCOC(C(=N)N)C2)C1. The molecule has 0 spiro atoms. The van der Waals surface area contributed by atoms with Crippen LogP contribution >= 0.6 is 0 Å².